The van der Waals surface area contributed by atoms with Gasteiger partial charge in [0.15, 0.2) is 0 Å². The molecule has 1 amide bonds. The van der Waals surface area contributed by atoms with Crippen molar-refractivity contribution in [2.45, 2.75) is 11.4 Å². The number of thioether (sulfide) groups is 1. The Morgan fingerprint density at radius 2 is 2.12 bits per heavy atom. The first-order valence-electron chi connectivity index (χ1n) is 5.27. The normalized spacial score (nSPS) is 10.1. The van der Waals surface area contributed by atoms with Gasteiger partial charge in [-0.05, 0) is 18.2 Å². The molecule has 2 rings (SSSR count). The summed E-state index contributed by atoms with van der Waals surface area (Å²) >= 11 is 1.53. The second kappa shape index (κ2) is 6.10. The van der Waals surface area contributed by atoms with Crippen molar-refractivity contribution in [2.24, 2.45) is 0 Å². The fourth-order valence-electron chi connectivity index (χ4n) is 1.29. The van der Waals surface area contributed by atoms with E-state index in [9.17, 15) is 4.79 Å². The zero-order valence-electron chi connectivity index (χ0n) is 9.22. The minimum atomic E-state index is 0.0217. The Morgan fingerprint density at radius 3 is 2.82 bits per heavy atom. The summed E-state index contributed by atoms with van der Waals surface area (Å²) in [7, 11) is 0. The Morgan fingerprint density at radius 1 is 1.29 bits per heavy atom. The maximum atomic E-state index is 11.5. The summed E-state index contributed by atoms with van der Waals surface area (Å²) < 4.78 is 0. The molecular weight excluding hydrogens is 234 g/mol. The van der Waals surface area contributed by atoms with Gasteiger partial charge < -0.3 is 5.32 Å². The van der Waals surface area contributed by atoms with Crippen LogP contribution in [0.4, 0.5) is 0 Å². The van der Waals surface area contributed by atoms with Crippen molar-refractivity contribution in [1.29, 1.82) is 0 Å². The van der Waals surface area contributed by atoms with Crippen molar-refractivity contribution in [1.82, 2.24) is 15.5 Å². The third kappa shape index (κ3) is 3.96. The smallest absolute Gasteiger partial charge is 0.230 e. The van der Waals surface area contributed by atoms with Crippen LogP contribution in [-0.2, 0) is 11.3 Å². The predicted octanol–water partition coefficient (Wildman–Crippen LogP) is 1.82. The molecule has 0 aliphatic rings. The topological polar surface area (TPSA) is 57.8 Å². The first-order chi connectivity index (χ1) is 8.34. The van der Waals surface area contributed by atoms with Crippen LogP contribution in [-0.4, -0.2) is 21.9 Å². The predicted molar refractivity (Wildman–Crippen MR) is 67.6 cm³/mol. The van der Waals surface area contributed by atoms with Gasteiger partial charge >= 0.3 is 0 Å². The van der Waals surface area contributed by atoms with Gasteiger partial charge in [-0.1, -0.05) is 18.2 Å². The van der Waals surface area contributed by atoms with Gasteiger partial charge in [0.25, 0.3) is 0 Å². The minimum absolute atomic E-state index is 0.0217. The van der Waals surface area contributed by atoms with E-state index in [1.54, 1.807) is 6.20 Å². The molecule has 0 bridgehead atoms. The number of benzene rings is 1. The van der Waals surface area contributed by atoms with Crippen molar-refractivity contribution in [2.75, 3.05) is 5.75 Å². The largest absolute Gasteiger partial charge is 0.350 e. The second-order valence-corrected chi connectivity index (χ2v) is 4.51. The Balaban J connectivity index is 1.71. The lowest BCUT2D eigenvalue weighted by molar-refractivity contribution is -0.118. The van der Waals surface area contributed by atoms with E-state index in [-0.39, 0.29) is 5.91 Å². The number of carbonyl (C=O) groups is 1. The van der Waals surface area contributed by atoms with Crippen LogP contribution in [0.5, 0.6) is 0 Å². The Labute approximate surface area is 104 Å². The number of aromatic nitrogens is 2. The lowest BCUT2D eigenvalue weighted by atomic mass is 10.4. The van der Waals surface area contributed by atoms with Gasteiger partial charge in [-0.15, -0.1) is 11.8 Å². The zero-order valence-corrected chi connectivity index (χ0v) is 10.0. The fraction of sp³-hybridized carbons (Fsp3) is 0.167. The highest BCUT2D eigenvalue weighted by Crippen LogP contribution is 2.16. The highest BCUT2D eigenvalue weighted by atomic mass is 32.2. The lowest BCUT2D eigenvalue weighted by Crippen LogP contribution is -2.24. The molecule has 88 valence electrons. The SMILES string of the molecule is O=C(CSc1ccccc1)NCc1ccn[nH]1. The molecule has 0 saturated carbocycles. The van der Waals surface area contributed by atoms with Crippen LogP contribution in [0, 0.1) is 0 Å². The summed E-state index contributed by atoms with van der Waals surface area (Å²) in [5.41, 5.74) is 0.906. The van der Waals surface area contributed by atoms with Gasteiger partial charge in [0.2, 0.25) is 5.91 Å². The van der Waals surface area contributed by atoms with Gasteiger partial charge in [-0.2, -0.15) is 5.10 Å². The Bertz CT molecular complexity index is 456. The van der Waals surface area contributed by atoms with Crippen LogP contribution in [0.2, 0.25) is 0 Å². The Kier molecular flexibility index (Phi) is 4.21. The lowest BCUT2D eigenvalue weighted by Gasteiger charge is -2.03. The monoisotopic (exact) mass is 247 g/mol. The number of nitrogens with one attached hydrogen (secondary N) is 2. The minimum Gasteiger partial charge on any atom is -0.350 e. The molecule has 0 aliphatic heterocycles. The summed E-state index contributed by atoms with van der Waals surface area (Å²) in [6.45, 7) is 0.494. The van der Waals surface area contributed by atoms with Crippen LogP contribution in [0.1, 0.15) is 5.69 Å². The molecule has 2 N–H and O–H groups in total. The summed E-state index contributed by atoms with van der Waals surface area (Å²) in [6, 6.07) is 11.7. The van der Waals surface area contributed by atoms with E-state index in [4.69, 9.17) is 0 Å². The summed E-state index contributed by atoms with van der Waals surface area (Å²) in [5, 5.41) is 9.43. The molecule has 5 heteroatoms. The molecule has 17 heavy (non-hydrogen) atoms. The molecule has 2 aromatic rings. The molecule has 1 aromatic carbocycles. The molecule has 1 heterocycles. The molecule has 0 saturated heterocycles. The molecule has 0 atom stereocenters. The van der Waals surface area contributed by atoms with E-state index < -0.39 is 0 Å². The quantitative estimate of drug-likeness (QED) is 0.792. The van der Waals surface area contributed by atoms with Crippen LogP contribution in [0.25, 0.3) is 0 Å². The van der Waals surface area contributed by atoms with Crippen molar-refractivity contribution in [3.05, 3.63) is 48.3 Å². The van der Waals surface area contributed by atoms with Crippen LogP contribution in [0.3, 0.4) is 0 Å². The van der Waals surface area contributed by atoms with Gasteiger partial charge in [-0.25, -0.2) is 0 Å². The first-order valence-corrected chi connectivity index (χ1v) is 6.26. The van der Waals surface area contributed by atoms with E-state index in [0.29, 0.717) is 12.3 Å². The number of rotatable bonds is 5. The van der Waals surface area contributed by atoms with Crippen LogP contribution >= 0.6 is 11.8 Å². The molecular formula is C12H13N3OS. The van der Waals surface area contributed by atoms with E-state index >= 15 is 0 Å². The van der Waals surface area contributed by atoms with E-state index in [2.05, 4.69) is 15.5 Å². The third-order valence-electron chi connectivity index (χ3n) is 2.15. The molecule has 4 nitrogen and oxygen atoms in total. The fourth-order valence-corrected chi connectivity index (χ4v) is 2.04. The number of hydrogen-bond acceptors (Lipinski definition) is 3. The van der Waals surface area contributed by atoms with Gasteiger partial charge in [0.1, 0.15) is 0 Å². The van der Waals surface area contributed by atoms with Crippen LogP contribution < -0.4 is 5.32 Å². The number of carbonyl (C=O) groups excluding carboxylic acids is 1. The zero-order chi connectivity index (χ0) is 11.9. The van der Waals surface area contributed by atoms with E-state index in [0.717, 1.165) is 10.6 Å². The van der Waals surface area contributed by atoms with E-state index in [1.165, 1.54) is 11.8 Å². The van der Waals surface area contributed by atoms with Crippen molar-refractivity contribution < 1.29 is 4.79 Å². The van der Waals surface area contributed by atoms with Crippen molar-refractivity contribution in [3.63, 3.8) is 0 Å². The highest BCUT2D eigenvalue weighted by molar-refractivity contribution is 8.00. The number of aromatic amines is 1. The maximum Gasteiger partial charge on any atom is 0.230 e. The number of nitrogens with zero attached hydrogens (tertiary/aromatic N) is 1. The molecule has 0 spiro atoms. The van der Waals surface area contributed by atoms with Crippen molar-refractivity contribution >= 4 is 17.7 Å². The first kappa shape index (κ1) is 11.7. The summed E-state index contributed by atoms with van der Waals surface area (Å²) in [6.07, 6.45) is 1.67. The number of hydrogen-bond donors (Lipinski definition) is 2. The standard InChI is InChI=1S/C12H13N3OS/c16-12(13-8-10-6-7-14-15-10)9-17-11-4-2-1-3-5-11/h1-7H,8-9H2,(H,13,16)(H,14,15). The van der Waals surface area contributed by atoms with E-state index in [1.807, 2.05) is 36.4 Å². The molecule has 1 aromatic heterocycles. The maximum absolute atomic E-state index is 11.5. The molecule has 0 aliphatic carbocycles. The van der Waals surface area contributed by atoms with Gasteiger partial charge in [0, 0.05) is 11.1 Å². The third-order valence-corrected chi connectivity index (χ3v) is 3.16. The average molecular weight is 247 g/mol. The molecule has 0 radical (unpaired) electrons. The van der Waals surface area contributed by atoms with Gasteiger partial charge in [-0.3, -0.25) is 9.89 Å². The average Bonchev–Trinajstić information content (AvgIpc) is 2.88. The number of amides is 1. The number of H-pyrrole nitrogens is 1. The Hall–Kier alpha value is -1.75. The summed E-state index contributed by atoms with van der Waals surface area (Å²) in [5.74, 6) is 0.450. The highest BCUT2D eigenvalue weighted by Gasteiger charge is 2.02. The summed E-state index contributed by atoms with van der Waals surface area (Å²) in [4.78, 5) is 12.6. The second-order valence-electron chi connectivity index (χ2n) is 3.46. The van der Waals surface area contributed by atoms with Crippen LogP contribution in [0.15, 0.2) is 47.5 Å². The van der Waals surface area contributed by atoms with Crippen molar-refractivity contribution in [3.8, 4) is 0 Å². The molecule has 0 fully saturated rings. The molecule has 0 unspecified atom stereocenters. The van der Waals surface area contributed by atoms with Gasteiger partial charge in [0.05, 0.1) is 18.0 Å².